The lowest BCUT2D eigenvalue weighted by atomic mass is 10.1. The van der Waals surface area contributed by atoms with Crippen LogP contribution in [0.15, 0.2) is 9.15 Å². The minimum absolute atomic E-state index is 0.132. The maximum Gasteiger partial charge on any atom is 0.334 e. The minimum atomic E-state index is -0.132. The summed E-state index contributed by atoms with van der Waals surface area (Å²) < 4.78 is 6.18. The van der Waals surface area contributed by atoms with Gasteiger partial charge in [0.15, 0.2) is 0 Å². The third-order valence-electron chi connectivity index (χ3n) is 1.82. The number of ether oxygens (including phenoxy) is 1. The van der Waals surface area contributed by atoms with E-state index in [0.717, 1.165) is 34.8 Å². The Balaban J connectivity index is 4.55. The molecule has 0 aliphatic rings. The molecule has 0 saturated carbocycles. The van der Waals surface area contributed by atoms with Crippen LogP contribution in [-0.2, 0) is 9.53 Å². The van der Waals surface area contributed by atoms with Crippen LogP contribution in [0, 0.1) is 0 Å². The molecule has 2 nitrogen and oxygen atoms in total. The summed E-state index contributed by atoms with van der Waals surface area (Å²) >= 11 is 2.26. The molecule has 3 heteroatoms. The monoisotopic (exact) mass is 310 g/mol. The average molecular weight is 310 g/mol. The Labute approximate surface area is 100 Å². The molecule has 0 rings (SSSR count). The van der Waals surface area contributed by atoms with Crippen molar-refractivity contribution in [3.05, 3.63) is 9.15 Å². The molecule has 0 aromatic heterocycles. The highest BCUT2D eigenvalue weighted by atomic mass is 127. The van der Waals surface area contributed by atoms with Crippen LogP contribution in [0.2, 0.25) is 0 Å². The molecule has 82 valence electrons. The van der Waals surface area contributed by atoms with E-state index in [-0.39, 0.29) is 5.97 Å². The van der Waals surface area contributed by atoms with Gasteiger partial charge in [-0.15, -0.1) is 0 Å². The van der Waals surface area contributed by atoms with Crippen molar-refractivity contribution < 1.29 is 9.53 Å². The van der Waals surface area contributed by atoms with Gasteiger partial charge < -0.3 is 4.74 Å². The first kappa shape index (κ1) is 13.9. The van der Waals surface area contributed by atoms with Gasteiger partial charge in [-0.3, -0.25) is 0 Å². The van der Waals surface area contributed by atoms with E-state index in [1.54, 1.807) is 0 Å². The zero-order valence-corrected chi connectivity index (χ0v) is 11.4. The van der Waals surface area contributed by atoms with Crippen molar-refractivity contribution >= 4 is 28.6 Å². The lowest BCUT2D eigenvalue weighted by molar-refractivity contribution is -0.138. The molecule has 0 radical (unpaired) electrons. The zero-order chi connectivity index (χ0) is 11.0. The van der Waals surface area contributed by atoms with Crippen LogP contribution >= 0.6 is 22.6 Å². The second-order valence-electron chi connectivity index (χ2n) is 3.10. The average Bonchev–Trinajstić information content (AvgIpc) is 2.14. The van der Waals surface area contributed by atoms with E-state index in [2.05, 4.69) is 36.4 Å². The fourth-order valence-electron chi connectivity index (χ4n) is 1.19. The number of carbonyl (C=O) groups is 1. The van der Waals surface area contributed by atoms with Gasteiger partial charge in [-0.2, -0.15) is 0 Å². The molecule has 0 saturated heterocycles. The van der Waals surface area contributed by atoms with E-state index in [0.29, 0.717) is 6.61 Å². The highest BCUT2D eigenvalue weighted by Gasteiger charge is 2.13. The standard InChI is InChI=1S/C11H19IO2/c1-4-7-9(10(12)8-5-2)11(13)14-6-3/h4-8H2,1-3H3. The third kappa shape index (κ3) is 4.98. The highest BCUT2D eigenvalue weighted by Crippen LogP contribution is 2.23. The molecule has 0 aliphatic heterocycles. The van der Waals surface area contributed by atoms with Gasteiger partial charge in [0.1, 0.15) is 0 Å². The first-order valence-corrected chi connectivity index (χ1v) is 6.29. The first-order chi connectivity index (χ1) is 6.67. The van der Waals surface area contributed by atoms with Crippen molar-refractivity contribution in [1.29, 1.82) is 0 Å². The molecule has 0 atom stereocenters. The van der Waals surface area contributed by atoms with E-state index < -0.39 is 0 Å². The maximum absolute atomic E-state index is 11.6. The number of carbonyl (C=O) groups excluding carboxylic acids is 1. The summed E-state index contributed by atoms with van der Waals surface area (Å²) in [7, 11) is 0. The summed E-state index contributed by atoms with van der Waals surface area (Å²) in [5, 5.41) is 0. The Morgan fingerprint density at radius 2 is 1.71 bits per heavy atom. The van der Waals surface area contributed by atoms with E-state index >= 15 is 0 Å². The van der Waals surface area contributed by atoms with E-state index in [9.17, 15) is 4.79 Å². The summed E-state index contributed by atoms with van der Waals surface area (Å²) in [4.78, 5) is 11.6. The quantitative estimate of drug-likeness (QED) is 0.423. The second-order valence-corrected chi connectivity index (χ2v) is 4.41. The third-order valence-corrected chi connectivity index (χ3v) is 3.01. The van der Waals surface area contributed by atoms with Crippen LogP contribution in [-0.4, -0.2) is 12.6 Å². The van der Waals surface area contributed by atoms with Crippen molar-refractivity contribution in [2.45, 2.75) is 46.5 Å². The number of hydrogen-bond acceptors (Lipinski definition) is 2. The smallest absolute Gasteiger partial charge is 0.334 e. The topological polar surface area (TPSA) is 26.3 Å². The van der Waals surface area contributed by atoms with Crippen LogP contribution in [0.5, 0.6) is 0 Å². The van der Waals surface area contributed by atoms with E-state index in [1.807, 2.05) is 6.92 Å². The van der Waals surface area contributed by atoms with Gasteiger partial charge in [-0.05, 0) is 42.4 Å². The number of hydrogen-bond donors (Lipinski definition) is 0. The van der Waals surface area contributed by atoms with Gasteiger partial charge in [-0.1, -0.05) is 26.7 Å². The predicted octanol–water partition coefficient (Wildman–Crippen LogP) is 3.84. The molecule has 0 aromatic rings. The Morgan fingerprint density at radius 3 is 2.14 bits per heavy atom. The summed E-state index contributed by atoms with van der Waals surface area (Å²) in [6.07, 6.45) is 3.88. The Kier molecular flexibility index (Phi) is 8.23. The molecule has 0 amide bonds. The molecule has 0 unspecified atom stereocenters. The summed E-state index contributed by atoms with van der Waals surface area (Å²) in [5.41, 5.74) is 0.872. The number of rotatable bonds is 6. The zero-order valence-electron chi connectivity index (χ0n) is 9.23. The second kappa shape index (κ2) is 8.26. The van der Waals surface area contributed by atoms with Crippen molar-refractivity contribution in [1.82, 2.24) is 0 Å². The highest BCUT2D eigenvalue weighted by molar-refractivity contribution is 14.1. The van der Waals surface area contributed by atoms with Gasteiger partial charge in [0.25, 0.3) is 0 Å². The number of halogens is 1. The van der Waals surface area contributed by atoms with Gasteiger partial charge in [-0.25, -0.2) is 4.79 Å². The van der Waals surface area contributed by atoms with Crippen LogP contribution in [0.4, 0.5) is 0 Å². The molecule has 0 spiro atoms. The van der Waals surface area contributed by atoms with E-state index in [1.165, 1.54) is 0 Å². The number of esters is 1. The molecular weight excluding hydrogens is 291 g/mol. The molecule has 0 aliphatic carbocycles. The molecule has 0 fully saturated rings. The largest absolute Gasteiger partial charge is 0.463 e. The maximum atomic E-state index is 11.6. The van der Waals surface area contributed by atoms with Gasteiger partial charge in [0, 0.05) is 9.15 Å². The SMILES string of the molecule is CCCC(I)=C(CCC)C(=O)OCC. The van der Waals surface area contributed by atoms with Crippen molar-refractivity contribution in [2.75, 3.05) is 6.61 Å². The summed E-state index contributed by atoms with van der Waals surface area (Å²) in [6.45, 7) is 6.50. The molecule has 14 heavy (non-hydrogen) atoms. The Bertz CT molecular complexity index is 209. The number of allylic oxidation sites excluding steroid dienone is 1. The van der Waals surface area contributed by atoms with Crippen LogP contribution in [0.3, 0.4) is 0 Å². The molecular formula is C11H19IO2. The molecule has 0 heterocycles. The van der Waals surface area contributed by atoms with Gasteiger partial charge in [0.2, 0.25) is 0 Å². The summed E-state index contributed by atoms with van der Waals surface area (Å²) in [6, 6.07) is 0. The van der Waals surface area contributed by atoms with Crippen LogP contribution < -0.4 is 0 Å². The Morgan fingerprint density at radius 1 is 1.14 bits per heavy atom. The van der Waals surface area contributed by atoms with Gasteiger partial charge in [0.05, 0.1) is 6.61 Å². The fourth-order valence-corrected chi connectivity index (χ4v) is 2.22. The van der Waals surface area contributed by atoms with Gasteiger partial charge >= 0.3 is 5.97 Å². The lowest BCUT2D eigenvalue weighted by Crippen LogP contribution is -2.09. The van der Waals surface area contributed by atoms with Crippen molar-refractivity contribution in [3.63, 3.8) is 0 Å². The lowest BCUT2D eigenvalue weighted by Gasteiger charge is -2.08. The molecule has 0 N–H and O–H groups in total. The first-order valence-electron chi connectivity index (χ1n) is 5.21. The normalized spacial score (nSPS) is 12.3. The van der Waals surface area contributed by atoms with Crippen molar-refractivity contribution in [2.24, 2.45) is 0 Å². The summed E-state index contributed by atoms with van der Waals surface area (Å²) in [5.74, 6) is -0.132. The minimum Gasteiger partial charge on any atom is -0.463 e. The van der Waals surface area contributed by atoms with Crippen LogP contribution in [0.25, 0.3) is 0 Å². The fraction of sp³-hybridized carbons (Fsp3) is 0.727. The Hall–Kier alpha value is -0.0600. The van der Waals surface area contributed by atoms with Crippen molar-refractivity contribution in [3.8, 4) is 0 Å². The van der Waals surface area contributed by atoms with Crippen LogP contribution in [0.1, 0.15) is 46.5 Å². The molecule has 0 bridgehead atoms. The van der Waals surface area contributed by atoms with E-state index in [4.69, 9.17) is 4.74 Å². The predicted molar refractivity (Wildman–Crippen MR) is 67.5 cm³/mol. The molecule has 0 aromatic carbocycles.